The van der Waals surface area contributed by atoms with Gasteiger partial charge in [0.2, 0.25) is 0 Å². The van der Waals surface area contributed by atoms with Crippen LogP contribution in [0.25, 0.3) is 0 Å². The van der Waals surface area contributed by atoms with Crippen LogP contribution in [0.3, 0.4) is 0 Å². The van der Waals surface area contributed by atoms with E-state index >= 15 is 0 Å². The highest BCUT2D eigenvalue weighted by molar-refractivity contribution is 9.10. The minimum absolute atomic E-state index is 0.0496. The van der Waals surface area contributed by atoms with Crippen molar-refractivity contribution >= 4 is 31.9 Å². The third-order valence-corrected chi connectivity index (χ3v) is 5.57. The van der Waals surface area contributed by atoms with Crippen LogP contribution >= 0.6 is 15.9 Å². The molecule has 0 aliphatic rings. The quantitative estimate of drug-likeness (QED) is 0.928. The van der Waals surface area contributed by atoms with Gasteiger partial charge in [-0.25, -0.2) is 17.2 Å². The number of aromatic carboxylic acids is 1. The van der Waals surface area contributed by atoms with Crippen molar-refractivity contribution in [2.24, 2.45) is 0 Å². The van der Waals surface area contributed by atoms with Crippen molar-refractivity contribution < 1.29 is 18.3 Å². The Bertz CT molecular complexity index is 735. The van der Waals surface area contributed by atoms with E-state index in [1.807, 2.05) is 0 Å². The average Bonchev–Trinajstić information content (AvgIpc) is 2.68. The van der Waals surface area contributed by atoms with Crippen LogP contribution in [0.1, 0.15) is 15.9 Å². The van der Waals surface area contributed by atoms with Crippen LogP contribution in [0.4, 0.5) is 0 Å². The zero-order valence-electron chi connectivity index (χ0n) is 9.87. The third kappa shape index (κ3) is 2.31. The van der Waals surface area contributed by atoms with E-state index in [-0.39, 0.29) is 15.1 Å². The number of halogens is 1. The van der Waals surface area contributed by atoms with Crippen LogP contribution in [0.5, 0.6) is 0 Å². The molecule has 0 aliphatic heterocycles. The highest BCUT2D eigenvalue weighted by Crippen LogP contribution is 2.27. The second-order valence-electron chi connectivity index (χ2n) is 3.88. The maximum atomic E-state index is 12.4. The second-order valence-corrected chi connectivity index (χ2v) is 6.44. The minimum atomic E-state index is -3.80. The molecule has 1 aromatic heterocycles. The maximum Gasteiger partial charge on any atom is 0.337 e. The maximum absolute atomic E-state index is 12.4. The molecule has 19 heavy (non-hydrogen) atoms. The van der Waals surface area contributed by atoms with Crippen molar-refractivity contribution in [2.75, 3.05) is 0 Å². The minimum Gasteiger partial charge on any atom is -0.478 e. The number of rotatable bonds is 3. The van der Waals surface area contributed by atoms with Crippen molar-refractivity contribution in [2.45, 2.75) is 11.8 Å². The van der Waals surface area contributed by atoms with Crippen LogP contribution in [0.2, 0.25) is 0 Å². The zero-order chi connectivity index (χ0) is 14.2. The molecule has 2 aromatic rings. The molecule has 2 rings (SSSR count). The summed E-state index contributed by atoms with van der Waals surface area (Å²) in [7, 11) is -3.80. The summed E-state index contributed by atoms with van der Waals surface area (Å²) in [5, 5.41) is 9.01. The molecule has 5 nitrogen and oxygen atoms in total. The van der Waals surface area contributed by atoms with E-state index in [4.69, 9.17) is 5.11 Å². The van der Waals surface area contributed by atoms with Gasteiger partial charge in [0, 0.05) is 6.20 Å². The van der Waals surface area contributed by atoms with E-state index in [1.165, 1.54) is 12.1 Å². The molecule has 7 heteroatoms. The summed E-state index contributed by atoms with van der Waals surface area (Å²) in [5.74, 6) is -1.17. The molecule has 0 unspecified atom stereocenters. The van der Waals surface area contributed by atoms with Gasteiger partial charge in [0.05, 0.1) is 10.5 Å². The predicted octanol–water partition coefficient (Wildman–Crippen LogP) is 2.49. The molecule has 0 atom stereocenters. The smallest absolute Gasteiger partial charge is 0.337 e. The van der Waals surface area contributed by atoms with Crippen molar-refractivity contribution in [3.05, 3.63) is 52.3 Å². The molecule has 1 heterocycles. The van der Waals surface area contributed by atoms with Crippen molar-refractivity contribution in [1.82, 2.24) is 3.97 Å². The predicted molar refractivity (Wildman–Crippen MR) is 72.9 cm³/mol. The fourth-order valence-corrected chi connectivity index (χ4v) is 3.85. The van der Waals surface area contributed by atoms with Crippen LogP contribution < -0.4 is 0 Å². The summed E-state index contributed by atoms with van der Waals surface area (Å²) in [4.78, 5) is 11.1. The molecule has 0 fully saturated rings. The molecule has 0 bridgehead atoms. The summed E-state index contributed by atoms with van der Waals surface area (Å²) >= 11 is 3.12. The van der Waals surface area contributed by atoms with E-state index in [1.54, 1.807) is 25.1 Å². The fourth-order valence-electron chi connectivity index (χ4n) is 1.64. The van der Waals surface area contributed by atoms with Crippen molar-refractivity contribution in [1.29, 1.82) is 0 Å². The molecule has 1 aromatic carbocycles. The number of carbonyl (C=O) groups is 1. The lowest BCUT2D eigenvalue weighted by Crippen LogP contribution is -2.12. The van der Waals surface area contributed by atoms with E-state index in [2.05, 4.69) is 15.9 Å². The Morgan fingerprint density at radius 2 is 1.84 bits per heavy atom. The summed E-state index contributed by atoms with van der Waals surface area (Å²) in [6.07, 6.45) is 1.10. The largest absolute Gasteiger partial charge is 0.478 e. The van der Waals surface area contributed by atoms with Gasteiger partial charge >= 0.3 is 5.97 Å². The lowest BCUT2D eigenvalue weighted by Gasteiger charge is -2.07. The van der Waals surface area contributed by atoms with Crippen LogP contribution in [-0.2, 0) is 10.0 Å². The highest BCUT2D eigenvalue weighted by Gasteiger charge is 2.24. The number of aromatic nitrogens is 1. The average molecular weight is 344 g/mol. The molecular weight excluding hydrogens is 334 g/mol. The van der Waals surface area contributed by atoms with Crippen molar-refractivity contribution in [3.8, 4) is 0 Å². The number of nitrogens with zero attached hydrogens (tertiary/aromatic N) is 1. The molecule has 0 saturated carbocycles. The Morgan fingerprint density at radius 1 is 1.26 bits per heavy atom. The monoisotopic (exact) mass is 343 g/mol. The molecule has 100 valence electrons. The zero-order valence-corrected chi connectivity index (χ0v) is 12.3. The first-order valence-corrected chi connectivity index (χ1v) is 7.50. The second kappa shape index (κ2) is 4.82. The number of carboxylic acids is 1. The van der Waals surface area contributed by atoms with E-state index in [9.17, 15) is 13.2 Å². The van der Waals surface area contributed by atoms with E-state index in [0.717, 1.165) is 10.2 Å². The fraction of sp³-hybridized carbons (Fsp3) is 0.0833. The number of hydrogen-bond acceptors (Lipinski definition) is 3. The Kier molecular flexibility index (Phi) is 3.51. The van der Waals surface area contributed by atoms with Gasteiger partial charge in [-0.1, -0.05) is 18.2 Å². The number of carboxylic acid groups (broad SMARTS) is 1. The van der Waals surface area contributed by atoms with E-state index in [0.29, 0.717) is 5.56 Å². The lowest BCUT2D eigenvalue weighted by atomic mass is 10.2. The van der Waals surface area contributed by atoms with Crippen molar-refractivity contribution in [3.63, 3.8) is 0 Å². The van der Waals surface area contributed by atoms with Gasteiger partial charge in [-0.3, -0.25) is 0 Å². The number of hydrogen-bond donors (Lipinski definition) is 1. The van der Waals surface area contributed by atoms with Gasteiger partial charge < -0.3 is 5.11 Å². The Hall–Kier alpha value is -1.60. The molecular formula is C12H10BrNO4S. The van der Waals surface area contributed by atoms with Gasteiger partial charge in [0.15, 0.2) is 0 Å². The van der Waals surface area contributed by atoms with Crippen LogP contribution in [-0.4, -0.2) is 23.5 Å². The SMILES string of the molecule is Cc1c(C(=O)O)cn(S(=O)(=O)c2ccccc2)c1Br. The first-order valence-electron chi connectivity index (χ1n) is 5.27. The lowest BCUT2D eigenvalue weighted by molar-refractivity contribution is 0.0696. The molecule has 0 aliphatic carbocycles. The summed E-state index contributed by atoms with van der Waals surface area (Å²) in [6.45, 7) is 1.55. The Balaban J connectivity index is 2.66. The molecule has 0 spiro atoms. The van der Waals surface area contributed by atoms with E-state index < -0.39 is 16.0 Å². The molecule has 0 amide bonds. The normalized spacial score (nSPS) is 11.5. The summed E-state index contributed by atoms with van der Waals surface area (Å²) < 4.78 is 25.9. The van der Waals surface area contributed by atoms with Gasteiger partial charge in [-0.2, -0.15) is 0 Å². The Labute approximate surface area is 118 Å². The molecule has 0 saturated heterocycles. The topological polar surface area (TPSA) is 76.4 Å². The summed E-state index contributed by atoms with van der Waals surface area (Å²) in [6, 6.07) is 7.83. The van der Waals surface area contributed by atoms with Gasteiger partial charge in [0.25, 0.3) is 10.0 Å². The standard InChI is InChI=1S/C12H10BrNO4S/c1-8-10(12(15)16)7-14(11(8)13)19(17,18)9-5-3-2-4-6-9/h2-7H,1H3,(H,15,16). The van der Waals surface area contributed by atoms with Gasteiger partial charge in [-0.05, 0) is 40.5 Å². The number of benzene rings is 1. The van der Waals surface area contributed by atoms with Crippen LogP contribution in [0, 0.1) is 6.92 Å². The first kappa shape index (κ1) is 13.8. The molecule has 0 radical (unpaired) electrons. The Morgan fingerprint density at radius 3 is 2.32 bits per heavy atom. The van der Waals surface area contributed by atoms with Crippen LogP contribution in [0.15, 0.2) is 46.0 Å². The van der Waals surface area contributed by atoms with Gasteiger partial charge in [-0.15, -0.1) is 0 Å². The third-order valence-electron chi connectivity index (χ3n) is 2.68. The molecule has 1 N–H and O–H groups in total. The van der Waals surface area contributed by atoms with Gasteiger partial charge in [0.1, 0.15) is 4.60 Å². The summed E-state index contributed by atoms with van der Waals surface area (Å²) in [5.41, 5.74) is 0.318. The highest BCUT2D eigenvalue weighted by atomic mass is 79.9. The first-order chi connectivity index (χ1) is 8.85.